The van der Waals surface area contributed by atoms with E-state index in [-0.39, 0.29) is 26.2 Å². The maximum Gasteiger partial charge on any atom is 4.00 e. The van der Waals surface area contributed by atoms with Crippen LogP contribution in [-0.4, -0.2) is 0 Å². The molecule has 27 heavy (non-hydrogen) atoms. The third kappa shape index (κ3) is 12.9. The van der Waals surface area contributed by atoms with Crippen molar-refractivity contribution in [2.24, 2.45) is 0 Å². The van der Waals surface area contributed by atoms with Crippen LogP contribution in [0.25, 0.3) is 0 Å². The molecule has 0 nitrogen and oxygen atoms in total. The first kappa shape index (κ1) is 25.0. The Hall–Kier alpha value is -1.98. The van der Waals surface area contributed by atoms with Crippen LogP contribution in [0.4, 0.5) is 0 Å². The van der Waals surface area contributed by atoms with E-state index in [2.05, 4.69) is 76.2 Å². The second-order valence-electron chi connectivity index (χ2n) is 5.94. The molecule has 0 atom stereocenters. The van der Waals surface area contributed by atoms with Gasteiger partial charge in [-0.1, -0.05) is 27.7 Å². The molecule has 1 heteroatoms. The molecule has 0 fully saturated rings. The van der Waals surface area contributed by atoms with Gasteiger partial charge >= 0.3 is 26.2 Å². The zero-order valence-corrected chi connectivity index (χ0v) is 19.2. The van der Waals surface area contributed by atoms with Gasteiger partial charge in [0.25, 0.3) is 0 Å². The van der Waals surface area contributed by atoms with Gasteiger partial charge in [0.2, 0.25) is 0 Å². The van der Waals surface area contributed by atoms with Crippen LogP contribution in [0.15, 0.2) is 97.1 Å². The first-order valence-electron chi connectivity index (χ1n) is 8.81. The quantitative estimate of drug-likeness (QED) is 0.263. The molecule has 4 aromatic rings. The van der Waals surface area contributed by atoms with E-state index >= 15 is 0 Å². The van der Waals surface area contributed by atoms with Gasteiger partial charge in [-0.15, -0.1) is 0 Å². The Labute approximate surface area is 184 Å². The van der Waals surface area contributed by atoms with Gasteiger partial charge in [-0.3, -0.25) is 0 Å². The molecule has 0 aliphatic rings. The summed E-state index contributed by atoms with van der Waals surface area (Å²) < 4.78 is 0. The first-order chi connectivity index (χ1) is 12.6. The Balaban J connectivity index is 0.000000331. The third-order valence-electron chi connectivity index (χ3n) is 3.84. The molecule has 4 aromatic carbocycles. The topological polar surface area (TPSA) is 0 Å². The Morgan fingerprint density at radius 2 is 0.889 bits per heavy atom. The number of hydrogen-bond acceptors (Lipinski definition) is 0. The second kappa shape index (κ2) is 16.2. The molecule has 0 radical (unpaired) electrons. The van der Waals surface area contributed by atoms with E-state index in [0.717, 1.165) is 0 Å². The van der Waals surface area contributed by atoms with Crippen molar-refractivity contribution in [3.63, 3.8) is 0 Å². The Kier molecular flexibility index (Phi) is 15.0. The summed E-state index contributed by atoms with van der Waals surface area (Å²) in [5.74, 6) is 0. The summed E-state index contributed by atoms with van der Waals surface area (Å²) in [5.41, 5.74) is 5.56. The summed E-state index contributed by atoms with van der Waals surface area (Å²) >= 11 is 0. The van der Waals surface area contributed by atoms with Crippen molar-refractivity contribution < 1.29 is 26.2 Å². The van der Waals surface area contributed by atoms with Crippen LogP contribution >= 0.6 is 0 Å². The van der Waals surface area contributed by atoms with Crippen LogP contribution in [0.2, 0.25) is 0 Å². The number of hydrogen-bond donors (Lipinski definition) is 0. The summed E-state index contributed by atoms with van der Waals surface area (Å²) in [6.45, 7) is 8.48. The number of benzene rings is 2. The molecule has 0 spiro atoms. The molecule has 0 aromatic heterocycles. The smallest absolute Gasteiger partial charge is 0.213 e. The monoisotopic (exact) mass is 430 g/mol. The van der Waals surface area contributed by atoms with E-state index in [4.69, 9.17) is 0 Å². The van der Waals surface area contributed by atoms with Gasteiger partial charge < -0.3 is 0 Å². The van der Waals surface area contributed by atoms with Crippen LogP contribution in [0, 0.1) is 39.8 Å². The molecule has 0 amide bonds. The fourth-order valence-electron chi connectivity index (χ4n) is 1.88. The largest absolute Gasteiger partial charge is 4.00 e. The van der Waals surface area contributed by atoms with Crippen molar-refractivity contribution in [1.29, 1.82) is 0 Å². The van der Waals surface area contributed by atoms with Crippen LogP contribution in [0.5, 0.6) is 0 Å². The van der Waals surface area contributed by atoms with E-state index in [9.17, 15) is 0 Å². The number of aryl methyl sites for hydroxylation is 4. The zero-order valence-electron chi connectivity index (χ0n) is 16.7. The van der Waals surface area contributed by atoms with Crippen LogP contribution in [0.1, 0.15) is 22.3 Å². The van der Waals surface area contributed by atoms with Crippen LogP contribution in [-0.2, 0) is 26.2 Å². The van der Waals surface area contributed by atoms with E-state index in [1.165, 1.54) is 22.3 Å². The van der Waals surface area contributed by atoms with Crippen molar-refractivity contribution in [2.75, 3.05) is 0 Å². The summed E-state index contributed by atoms with van der Waals surface area (Å²) in [6.07, 6.45) is 0. The second-order valence-corrected chi connectivity index (χ2v) is 5.94. The van der Waals surface area contributed by atoms with Gasteiger partial charge in [0.1, 0.15) is 0 Å². The van der Waals surface area contributed by atoms with E-state index in [1.807, 2.05) is 60.7 Å². The SMILES string of the molecule is Cc1ccc[c-]1C.Cc1ccc[c-]1C.[Zr+4].[c-]1ccccc1.[c-]1ccccc1. The molecule has 0 aliphatic carbocycles. The molecule has 0 heterocycles. The van der Waals surface area contributed by atoms with E-state index in [1.54, 1.807) is 0 Å². The third-order valence-corrected chi connectivity index (χ3v) is 3.84. The maximum absolute atomic E-state index is 2.89. The molecule has 0 unspecified atom stereocenters. The van der Waals surface area contributed by atoms with Gasteiger partial charge in [-0.25, -0.2) is 24.3 Å². The summed E-state index contributed by atoms with van der Waals surface area (Å²) in [4.78, 5) is 0. The van der Waals surface area contributed by atoms with Crippen LogP contribution in [0.3, 0.4) is 0 Å². The Morgan fingerprint density at radius 1 is 0.556 bits per heavy atom. The fraction of sp³-hybridized carbons (Fsp3) is 0.154. The Bertz CT molecular complexity index is 623. The van der Waals surface area contributed by atoms with Crippen molar-refractivity contribution in [3.05, 3.63) is 131 Å². The molecular formula is C26H28Zr. The molecule has 4 rings (SSSR count). The predicted molar refractivity (Wildman–Crippen MR) is 114 cm³/mol. The van der Waals surface area contributed by atoms with E-state index in [0.29, 0.717) is 0 Å². The average molecular weight is 432 g/mol. The normalized spacial score (nSPS) is 8.44. The molecule has 136 valence electrons. The minimum Gasteiger partial charge on any atom is -0.213 e. The van der Waals surface area contributed by atoms with Gasteiger partial charge in [0, 0.05) is 0 Å². The molecule has 0 N–H and O–H groups in total. The molecule has 0 saturated heterocycles. The maximum atomic E-state index is 2.89. The minimum atomic E-state index is 0. The molecule has 0 aliphatic heterocycles. The zero-order chi connectivity index (χ0) is 19.0. The molecular weight excluding hydrogens is 404 g/mol. The first-order valence-corrected chi connectivity index (χ1v) is 8.81. The average Bonchev–Trinajstić information content (AvgIpc) is 3.27. The van der Waals surface area contributed by atoms with Gasteiger partial charge in [0.05, 0.1) is 0 Å². The van der Waals surface area contributed by atoms with Crippen molar-refractivity contribution >= 4 is 0 Å². The van der Waals surface area contributed by atoms with Gasteiger partial charge in [-0.05, 0) is 0 Å². The molecule has 0 saturated carbocycles. The van der Waals surface area contributed by atoms with Crippen molar-refractivity contribution in [1.82, 2.24) is 0 Å². The minimum absolute atomic E-state index is 0. The molecule has 0 bridgehead atoms. The van der Waals surface area contributed by atoms with Crippen molar-refractivity contribution in [3.8, 4) is 0 Å². The van der Waals surface area contributed by atoms with Crippen LogP contribution < -0.4 is 0 Å². The predicted octanol–water partition coefficient (Wildman–Crippen LogP) is 7.02. The fourth-order valence-corrected chi connectivity index (χ4v) is 1.88. The van der Waals surface area contributed by atoms with Crippen molar-refractivity contribution in [2.45, 2.75) is 27.7 Å². The summed E-state index contributed by atoms with van der Waals surface area (Å²) in [5, 5.41) is 0. The Morgan fingerprint density at radius 3 is 0.963 bits per heavy atom. The standard InChI is InChI=1S/2C7H9.2C6H5.Zr/c2*1-6-4-3-5-7(6)2;2*1-2-4-6-5-3-1;/h2*3-5H,1-2H3;2*1-5H;/q4*-1;+4. The van der Waals surface area contributed by atoms with Gasteiger partial charge in [-0.2, -0.15) is 107 Å². The number of rotatable bonds is 0. The summed E-state index contributed by atoms with van der Waals surface area (Å²) in [6, 6.07) is 37.6. The van der Waals surface area contributed by atoms with Gasteiger partial charge in [0.15, 0.2) is 0 Å². The summed E-state index contributed by atoms with van der Waals surface area (Å²) in [7, 11) is 0. The van der Waals surface area contributed by atoms with E-state index < -0.39 is 0 Å².